The lowest BCUT2D eigenvalue weighted by atomic mass is 10.2. The number of anilines is 1. The summed E-state index contributed by atoms with van der Waals surface area (Å²) in [6.45, 7) is 2.93. The molecule has 1 rings (SSSR count). The molecule has 3 nitrogen and oxygen atoms in total. The first-order valence-corrected chi connectivity index (χ1v) is 5.25. The van der Waals surface area contributed by atoms with E-state index in [1.807, 2.05) is 6.92 Å². The van der Waals surface area contributed by atoms with Gasteiger partial charge in [0.2, 0.25) is 5.13 Å². The summed E-state index contributed by atoms with van der Waals surface area (Å²) in [6.07, 6.45) is 2.11. The number of hydrogen-bond acceptors (Lipinski definition) is 4. The van der Waals surface area contributed by atoms with Crippen LogP contribution in [-0.2, 0) is 0 Å². The molecule has 5 heteroatoms. The van der Waals surface area contributed by atoms with Gasteiger partial charge in [-0.2, -0.15) is 0 Å². The summed E-state index contributed by atoms with van der Waals surface area (Å²) in [5, 5.41) is 11.9. The Morgan fingerprint density at radius 2 is 2.58 bits per heavy atom. The van der Waals surface area contributed by atoms with Crippen LogP contribution in [0, 0.1) is 0 Å². The fourth-order valence-corrected chi connectivity index (χ4v) is 1.46. The highest BCUT2D eigenvalue weighted by Gasteiger charge is 1.97. The second-order valence-electron chi connectivity index (χ2n) is 2.59. The van der Waals surface area contributed by atoms with Gasteiger partial charge in [-0.05, 0) is 19.8 Å². The zero-order chi connectivity index (χ0) is 8.81. The Morgan fingerprint density at radius 3 is 3.17 bits per heavy atom. The Kier molecular flexibility index (Phi) is 4.32. The van der Waals surface area contributed by atoms with Gasteiger partial charge in [0.25, 0.3) is 0 Å². The molecule has 1 aromatic rings. The smallest absolute Gasteiger partial charge is 0.205 e. The molecule has 0 spiro atoms. The van der Waals surface area contributed by atoms with Crippen molar-refractivity contribution >= 4 is 28.1 Å². The van der Waals surface area contributed by atoms with Crippen LogP contribution >= 0.6 is 22.9 Å². The van der Waals surface area contributed by atoms with Crippen LogP contribution in [0.3, 0.4) is 0 Å². The maximum absolute atomic E-state index is 5.79. The Bertz CT molecular complexity index is 200. The lowest BCUT2D eigenvalue weighted by molar-refractivity contribution is 0.749. The van der Waals surface area contributed by atoms with E-state index in [0.717, 1.165) is 24.5 Å². The molecule has 12 heavy (non-hydrogen) atoms. The van der Waals surface area contributed by atoms with E-state index < -0.39 is 0 Å². The zero-order valence-electron chi connectivity index (χ0n) is 6.96. The Morgan fingerprint density at radius 1 is 1.75 bits per heavy atom. The van der Waals surface area contributed by atoms with Gasteiger partial charge in [0.15, 0.2) is 0 Å². The minimum Gasteiger partial charge on any atom is -0.360 e. The van der Waals surface area contributed by atoms with Crippen molar-refractivity contribution in [1.29, 1.82) is 0 Å². The first kappa shape index (κ1) is 9.74. The van der Waals surface area contributed by atoms with E-state index >= 15 is 0 Å². The molecule has 1 N–H and O–H groups in total. The van der Waals surface area contributed by atoms with Crippen molar-refractivity contribution in [3.8, 4) is 0 Å². The third kappa shape index (κ3) is 3.88. The first-order chi connectivity index (χ1) is 5.79. The molecule has 0 bridgehead atoms. The van der Waals surface area contributed by atoms with Crippen LogP contribution < -0.4 is 5.32 Å². The maximum atomic E-state index is 5.79. The quantitative estimate of drug-likeness (QED) is 0.593. The SMILES string of the molecule is CC(Cl)CCCNc1nncs1. The molecule has 0 saturated carbocycles. The highest BCUT2D eigenvalue weighted by atomic mass is 35.5. The molecule has 1 atom stereocenters. The van der Waals surface area contributed by atoms with Crippen molar-refractivity contribution in [2.45, 2.75) is 25.1 Å². The molecule has 0 radical (unpaired) electrons. The molecule has 0 amide bonds. The van der Waals surface area contributed by atoms with E-state index in [-0.39, 0.29) is 5.38 Å². The Labute approximate surface area is 81.2 Å². The van der Waals surface area contributed by atoms with Crippen LogP contribution in [0.2, 0.25) is 0 Å². The van der Waals surface area contributed by atoms with Gasteiger partial charge in [0, 0.05) is 11.9 Å². The topological polar surface area (TPSA) is 37.8 Å². The summed E-state index contributed by atoms with van der Waals surface area (Å²) in [5.74, 6) is 0. The minimum absolute atomic E-state index is 0.265. The number of nitrogens with one attached hydrogen (secondary N) is 1. The molecule has 0 aliphatic carbocycles. The van der Waals surface area contributed by atoms with Crippen molar-refractivity contribution in [3.63, 3.8) is 0 Å². The van der Waals surface area contributed by atoms with E-state index in [1.54, 1.807) is 5.51 Å². The van der Waals surface area contributed by atoms with E-state index in [9.17, 15) is 0 Å². The molecule has 0 aliphatic rings. The van der Waals surface area contributed by atoms with Gasteiger partial charge in [-0.1, -0.05) is 11.3 Å². The minimum atomic E-state index is 0.265. The number of alkyl halides is 1. The molecule has 1 heterocycles. The van der Waals surface area contributed by atoms with E-state index in [2.05, 4.69) is 15.5 Å². The average molecular weight is 206 g/mol. The molecule has 0 fully saturated rings. The highest BCUT2D eigenvalue weighted by Crippen LogP contribution is 2.09. The average Bonchev–Trinajstić information content (AvgIpc) is 2.49. The summed E-state index contributed by atoms with van der Waals surface area (Å²) in [6, 6.07) is 0. The van der Waals surface area contributed by atoms with Crippen LogP contribution in [0.1, 0.15) is 19.8 Å². The molecule has 0 saturated heterocycles. The number of aromatic nitrogens is 2. The molecule has 0 aliphatic heterocycles. The van der Waals surface area contributed by atoms with Crippen molar-refractivity contribution < 1.29 is 0 Å². The number of hydrogen-bond donors (Lipinski definition) is 1. The molecular formula is C7H12ClN3S. The van der Waals surface area contributed by atoms with Crippen molar-refractivity contribution in [1.82, 2.24) is 10.2 Å². The van der Waals surface area contributed by atoms with Crippen LogP contribution in [0.15, 0.2) is 5.51 Å². The molecule has 68 valence electrons. The maximum Gasteiger partial charge on any atom is 0.205 e. The predicted molar refractivity (Wildman–Crippen MR) is 52.9 cm³/mol. The third-order valence-electron chi connectivity index (χ3n) is 1.41. The van der Waals surface area contributed by atoms with Crippen molar-refractivity contribution in [2.24, 2.45) is 0 Å². The van der Waals surface area contributed by atoms with Crippen LogP contribution in [-0.4, -0.2) is 22.1 Å². The van der Waals surface area contributed by atoms with E-state index in [4.69, 9.17) is 11.6 Å². The first-order valence-electron chi connectivity index (χ1n) is 3.93. The summed E-state index contributed by atoms with van der Waals surface area (Å²) < 4.78 is 0. The number of nitrogens with zero attached hydrogens (tertiary/aromatic N) is 2. The zero-order valence-corrected chi connectivity index (χ0v) is 8.53. The van der Waals surface area contributed by atoms with E-state index in [0.29, 0.717) is 0 Å². The van der Waals surface area contributed by atoms with Gasteiger partial charge in [0.05, 0.1) is 0 Å². The van der Waals surface area contributed by atoms with Gasteiger partial charge in [-0.15, -0.1) is 21.8 Å². The van der Waals surface area contributed by atoms with Crippen molar-refractivity contribution in [3.05, 3.63) is 5.51 Å². The molecule has 1 unspecified atom stereocenters. The highest BCUT2D eigenvalue weighted by molar-refractivity contribution is 7.13. The number of halogens is 1. The van der Waals surface area contributed by atoms with Gasteiger partial charge < -0.3 is 5.32 Å². The van der Waals surface area contributed by atoms with Gasteiger partial charge >= 0.3 is 0 Å². The van der Waals surface area contributed by atoms with Crippen LogP contribution in [0.25, 0.3) is 0 Å². The second-order valence-corrected chi connectivity index (χ2v) is 4.17. The largest absolute Gasteiger partial charge is 0.360 e. The normalized spacial score (nSPS) is 12.8. The third-order valence-corrected chi connectivity index (χ3v) is 2.28. The van der Waals surface area contributed by atoms with Crippen molar-refractivity contribution in [2.75, 3.05) is 11.9 Å². The Balaban J connectivity index is 2.04. The molecule has 1 aromatic heterocycles. The second kappa shape index (κ2) is 5.32. The summed E-state index contributed by atoms with van der Waals surface area (Å²) >= 11 is 7.30. The lowest BCUT2D eigenvalue weighted by Gasteiger charge is -2.02. The van der Waals surface area contributed by atoms with Crippen LogP contribution in [0.4, 0.5) is 5.13 Å². The molecular weight excluding hydrogens is 194 g/mol. The van der Waals surface area contributed by atoms with Gasteiger partial charge in [-0.3, -0.25) is 0 Å². The monoisotopic (exact) mass is 205 g/mol. The predicted octanol–water partition coefficient (Wildman–Crippen LogP) is 2.36. The lowest BCUT2D eigenvalue weighted by Crippen LogP contribution is -2.03. The fraction of sp³-hybridized carbons (Fsp3) is 0.714. The number of rotatable bonds is 5. The Hall–Kier alpha value is -0.350. The molecule has 0 aromatic carbocycles. The summed E-state index contributed by atoms with van der Waals surface area (Å²) in [7, 11) is 0. The fourth-order valence-electron chi connectivity index (χ4n) is 0.829. The van der Waals surface area contributed by atoms with Gasteiger partial charge in [-0.25, -0.2) is 0 Å². The van der Waals surface area contributed by atoms with Crippen LogP contribution in [0.5, 0.6) is 0 Å². The van der Waals surface area contributed by atoms with Gasteiger partial charge in [0.1, 0.15) is 5.51 Å². The summed E-state index contributed by atoms with van der Waals surface area (Å²) in [4.78, 5) is 0. The standard InChI is InChI=1S/C7H12ClN3S/c1-6(8)3-2-4-9-7-11-10-5-12-7/h5-6H,2-4H2,1H3,(H,9,11). The van der Waals surface area contributed by atoms with E-state index in [1.165, 1.54) is 11.3 Å². The summed E-state index contributed by atoms with van der Waals surface area (Å²) in [5.41, 5.74) is 1.71.